The number of carbonyl (C=O) groups is 3. The third-order valence-corrected chi connectivity index (χ3v) is 16.0. The van der Waals surface area contributed by atoms with Gasteiger partial charge >= 0.3 is 17.9 Å². The molecule has 1 unspecified atom stereocenters. The number of methoxy groups -OCH3 is 3. The number of benzene rings is 2. The van der Waals surface area contributed by atoms with Gasteiger partial charge in [-0.3, -0.25) is 14.5 Å². The van der Waals surface area contributed by atoms with Crippen LogP contribution in [0.25, 0.3) is 0 Å². The van der Waals surface area contributed by atoms with Crippen molar-refractivity contribution in [2.75, 3.05) is 71.3 Å². The predicted octanol–water partition coefficient (Wildman–Crippen LogP) is 4.77. The summed E-state index contributed by atoms with van der Waals surface area (Å²) < 4.78 is 24.1. The van der Waals surface area contributed by atoms with E-state index in [0.29, 0.717) is 44.0 Å². The molecule has 12 nitrogen and oxygen atoms in total. The van der Waals surface area contributed by atoms with E-state index in [9.17, 15) is 14.7 Å². The van der Waals surface area contributed by atoms with Gasteiger partial charge in [-0.25, -0.2) is 4.79 Å². The van der Waals surface area contributed by atoms with Gasteiger partial charge in [-0.15, -0.1) is 0 Å². The molecular formula is C46H60N4O8. The monoisotopic (exact) mass is 796 g/mol. The van der Waals surface area contributed by atoms with Crippen LogP contribution in [0.4, 0.5) is 11.4 Å². The number of ether oxygens (including phenoxy) is 4. The highest BCUT2D eigenvalue weighted by Gasteiger charge is 2.80. The molecular weight excluding hydrogens is 737 g/mol. The van der Waals surface area contributed by atoms with Gasteiger partial charge < -0.3 is 39.2 Å². The fourth-order valence-corrected chi connectivity index (χ4v) is 14.0. The minimum Gasteiger partial charge on any atom is -0.496 e. The Hall–Kier alpha value is -4.13. The van der Waals surface area contributed by atoms with Gasteiger partial charge in [0.25, 0.3) is 0 Å². The van der Waals surface area contributed by atoms with Gasteiger partial charge in [-0.2, -0.15) is 0 Å². The van der Waals surface area contributed by atoms with Crippen molar-refractivity contribution in [1.29, 1.82) is 0 Å². The molecule has 0 aromatic heterocycles. The first kappa shape index (κ1) is 39.3. The molecule has 58 heavy (non-hydrogen) atoms. The van der Waals surface area contributed by atoms with E-state index in [4.69, 9.17) is 18.9 Å². The summed E-state index contributed by atoms with van der Waals surface area (Å²) in [5, 5.41) is 17.3. The number of anilines is 2. The number of para-hydroxylation sites is 1. The SMILES string of the molecule is CC[C@H]1C[C@@H]2CN(CC[C@@H]3c4ccccc4N[C@H]3[C@@](C(=O)OC)(c3cc4c(cc3OC)N(C)[C@H]3[C@@](O)(C(=O)OC)[C@H](OC(C)=O)[C@]5(CC)C=CCN6CC[C@]43[C@@H]65)C2)C1. The maximum absolute atomic E-state index is 15.3. The first-order valence-electron chi connectivity index (χ1n) is 21.4. The number of rotatable bonds is 7. The summed E-state index contributed by atoms with van der Waals surface area (Å²) in [5.74, 6) is -0.404. The Labute approximate surface area is 342 Å². The number of likely N-dealkylation sites (N-methyl/N-ethyl adjacent to an activating group) is 1. The molecule has 0 radical (unpaired) electrons. The predicted molar refractivity (Wildman–Crippen MR) is 219 cm³/mol. The number of nitrogens with one attached hydrogen (secondary N) is 1. The molecule has 1 aliphatic carbocycles. The molecule has 1 spiro atoms. The molecule has 12 atom stereocenters. The number of hydrogen-bond donors (Lipinski definition) is 2. The first-order chi connectivity index (χ1) is 27.9. The molecule has 2 N–H and O–H groups in total. The number of nitrogens with zero attached hydrogens (tertiary/aromatic N) is 3. The number of fused-ring (bicyclic) bond motifs is 6. The first-order valence-corrected chi connectivity index (χ1v) is 21.4. The van der Waals surface area contributed by atoms with E-state index in [1.165, 1.54) is 26.7 Å². The molecule has 3 saturated heterocycles. The quantitative estimate of drug-likeness (QED) is 0.228. The lowest BCUT2D eigenvalue weighted by atomic mass is 9.47. The lowest BCUT2D eigenvalue weighted by Gasteiger charge is -2.63. The van der Waals surface area contributed by atoms with Crippen LogP contribution < -0.4 is 15.0 Å². The number of esters is 3. The van der Waals surface area contributed by atoms with E-state index in [0.717, 1.165) is 61.4 Å². The zero-order valence-electron chi connectivity index (χ0n) is 35.1. The molecule has 312 valence electrons. The van der Waals surface area contributed by atoms with Gasteiger partial charge in [0, 0.05) is 79.4 Å². The van der Waals surface area contributed by atoms with Crippen molar-refractivity contribution in [1.82, 2.24) is 9.80 Å². The number of piperidine rings is 1. The van der Waals surface area contributed by atoms with Gasteiger partial charge in [0.2, 0.25) is 5.60 Å². The average Bonchev–Trinajstić information content (AvgIpc) is 3.89. The lowest BCUT2D eigenvalue weighted by molar-refractivity contribution is -0.228. The zero-order chi connectivity index (χ0) is 40.9. The van der Waals surface area contributed by atoms with Crippen molar-refractivity contribution in [2.45, 2.75) is 106 Å². The van der Waals surface area contributed by atoms with E-state index < -0.39 is 45.9 Å². The summed E-state index contributed by atoms with van der Waals surface area (Å²) in [6.07, 6.45) is 7.59. The van der Waals surface area contributed by atoms with Gasteiger partial charge in [-0.1, -0.05) is 50.6 Å². The molecule has 2 bridgehead atoms. The minimum atomic E-state index is -2.26. The van der Waals surface area contributed by atoms with E-state index >= 15 is 4.79 Å². The van der Waals surface area contributed by atoms with Crippen LogP contribution in [-0.4, -0.2) is 124 Å². The summed E-state index contributed by atoms with van der Waals surface area (Å²) in [4.78, 5) is 49.8. The van der Waals surface area contributed by atoms with Crippen LogP contribution in [0.2, 0.25) is 0 Å². The van der Waals surface area contributed by atoms with Crippen LogP contribution in [0.5, 0.6) is 5.75 Å². The van der Waals surface area contributed by atoms with Crippen molar-refractivity contribution in [3.05, 3.63) is 65.2 Å². The van der Waals surface area contributed by atoms with Gasteiger partial charge in [0.1, 0.15) is 11.2 Å². The van der Waals surface area contributed by atoms with Gasteiger partial charge in [0.05, 0.1) is 33.4 Å². The zero-order valence-corrected chi connectivity index (χ0v) is 35.1. The van der Waals surface area contributed by atoms with E-state index in [1.807, 2.05) is 31.0 Å². The fraction of sp³-hybridized carbons (Fsp3) is 0.630. The van der Waals surface area contributed by atoms with Crippen LogP contribution in [0.3, 0.4) is 0 Å². The van der Waals surface area contributed by atoms with Crippen LogP contribution in [-0.2, 0) is 39.4 Å². The van der Waals surface area contributed by atoms with Crippen molar-refractivity contribution in [3.8, 4) is 5.75 Å². The molecule has 2 aromatic rings. The highest BCUT2D eigenvalue weighted by atomic mass is 16.6. The fourth-order valence-electron chi connectivity index (χ4n) is 14.0. The van der Waals surface area contributed by atoms with Crippen molar-refractivity contribution >= 4 is 29.3 Å². The van der Waals surface area contributed by atoms with Crippen LogP contribution in [0.15, 0.2) is 48.6 Å². The highest BCUT2D eigenvalue weighted by molar-refractivity contribution is 5.90. The van der Waals surface area contributed by atoms with E-state index in [1.54, 1.807) is 7.11 Å². The Bertz CT molecular complexity index is 2040. The molecule has 12 heteroatoms. The summed E-state index contributed by atoms with van der Waals surface area (Å²) in [6.45, 7) is 9.93. The van der Waals surface area contributed by atoms with Crippen molar-refractivity contribution in [3.63, 3.8) is 0 Å². The van der Waals surface area contributed by atoms with Gasteiger partial charge in [-0.05, 0) is 80.3 Å². The molecule has 2 aromatic carbocycles. The molecule has 9 rings (SSSR count). The second-order valence-electron chi connectivity index (χ2n) is 18.4. The maximum Gasteiger partial charge on any atom is 0.344 e. The Morgan fingerprint density at radius 1 is 0.983 bits per heavy atom. The minimum absolute atomic E-state index is 0.0167. The van der Waals surface area contributed by atoms with Crippen molar-refractivity contribution in [2.24, 2.45) is 17.3 Å². The number of carbonyl (C=O) groups excluding carboxylic acids is 3. The van der Waals surface area contributed by atoms with E-state index in [-0.39, 0.29) is 29.9 Å². The van der Waals surface area contributed by atoms with Crippen LogP contribution in [0, 0.1) is 17.3 Å². The molecule has 6 aliphatic heterocycles. The third-order valence-electron chi connectivity index (χ3n) is 16.0. The Balaban J connectivity index is 1.33. The molecule has 0 amide bonds. The molecule has 4 fully saturated rings. The normalized spacial score (nSPS) is 39.3. The number of aliphatic hydroxyl groups is 1. The average molecular weight is 797 g/mol. The third kappa shape index (κ3) is 5.06. The maximum atomic E-state index is 15.3. The smallest absolute Gasteiger partial charge is 0.344 e. The number of hydrogen-bond acceptors (Lipinski definition) is 12. The van der Waals surface area contributed by atoms with Crippen LogP contribution >= 0.6 is 0 Å². The largest absolute Gasteiger partial charge is 0.496 e. The Morgan fingerprint density at radius 3 is 2.47 bits per heavy atom. The summed E-state index contributed by atoms with van der Waals surface area (Å²) in [5.41, 5.74) is -0.458. The molecule has 6 heterocycles. The van der Waals surface area contributed by atoms with Crippen molar-refractivity contribution < 1.29 is 38.4 Å². The second kappa shape index (κ2) is 14.0. The standard InChI is InChI=1S/C46H60N4O8/c1-8-28-21-29-24-45(41(52)56-6,37-31(15-19-49(25-28)26-29)30-13-10-11-14-34(30)47-37)33-22-32-35(23-36(33)55-5)48(4)39-44(32)17-20-50-18-12-16-43(9-2,38(44)50)40(58-27(3)51)46(39,54)42(53)57-7/h10-14,16,22-23,28-29,31,37-40,47,54H,8-9,15,17-21,24-26H2,1-7H3/t28-,29-,31+,37+,38-,39+,40+,43+,44+,45-,46-/m0/s1. The Morgan fingerprint density at radius 2 is 1.76 bits per heavy atom. The summed E-state index contributed by atoms with van der Waals surface area (Å²) >= 11 is 0. The molecule has 7 aliphatic rings. The van der Waals surface area contributed by atoms with E-state index in [2.05, 4.69) is 58.5 Å². The Kier molecular flexibility index (Phi) is 9.48. The van der Waals surface area contributed by atoms with Gasteiger partial charge in [0.15, 0.2) is 6.10 Å². The second-order valence-corrected chi connectivity index (χ2v) is 18.4. The highest BCUT2D eigenvalue weighted by Crippen LogP contribution is 2.68. The topological polar surface area (TPSA) is 130 Å². The lowest BCUT2D eigenvalue weighted by Crippen LogP contribution is -2.81. The molecule has 1 saturated carbocycles. The summed E-state index contributed by atoms with van der Waals surface area (Å²) in [7, 11) is 6.34. The van der Waals surface area contributed by atoms with Crippen LogP contribution in [0.1, 0.15) is 81.9 Å². The summed E-state index contributed by atoms with van der Waals surface area (Å²) in [6, 6.07) is 11.2.